The number of amides is 2. The van der Waals surface area contributed by atoms with Crippen molar-refractivity contribution in [2.45, 2.75) is 39.3 Å². The highest BCUT2D eigenvalue weighted by Crippen LogP contribution is 2.49. The Labute approximate surface area is 171 Å². The lowest BCUT2D eigenvalue weighted by Gasteiger charge is -2.45. The summed E-state index contributed by atoms with van der Waals surface area (Å²) in [6.45, 7) is 4.05. The van der Waals surface area contributed by atoms with Crippen molar-refractivity contribution in [3.8, 4) is 0 Å². The van der Waals surface area contributed by atoms with Crippen molar-refractivity contribution < 1.29 is 36.3 Å². The standard InChI is InChI=1S/C15H19ClN2O8S2/c1-4-25-28(23,24)26-7(2)12-9-5-10(27-11(16)6-17-8(3)19)13(15(21)22)18(9)14(12)20/h6-7,9,12H,4-5H2,1-3H3,(H,17,19)(H,21,22)/b11-6+/t7-,9+,12-/m0/s1. The maximum Gasteiger partial charge on any atom is 0.400 e. The minimum absolute atomic E-state index is 0.110. The lowest BCUT2D eigenvalue weighted by Crippen LogP contribution is -2.62. The summed E-state index contributed by atoms with van der Waals surface area (Å²) < 4.78 is 32.8. The van der Waals surface area contributed by atoms with Crippen LogP contribution >= 0.6 is 23.4 Å². The number of hydrogen-bond donors (Lipinski definition) is 2. The Bertz CT molecular complexity index is 854. The summed E-state index contributed by atoms with van der Waals surface area (Å²) in [7, 11) is -4.26. The van der Waals surface area contributed by atoms with Crippen molar-refractivity contribution in [2.75, 3.05) is 6.61 Å². The van der Waals surface area contributed by atoms with Gasteiger partial charge in [-0.05, 0) is 13.8 Å². The molecule has 3 atom stereocenters. The summed E-state index contributed by atoms with van der Waals surface area (Å²) in [5.74, 6) is -3.06. The minimum Gasteiger partial charge on any atom is -0.477 e. The summed E-state index contributed by atoms with van der Waals surface area (Å²) in [4.78, 5) is 36.5. The molecule has 28 heavy (non-hydrogen) atoms. The number of hydrogen-bond acceptors (Lipinski definition) is 8. The van der Waals surface area contributed by atoms with E-state index in [0.717, 1.165) is 16.7 Å². The molecule has 0 saturated carbocycles. The van der Waals surface area contributed by atoms with Crippen molar-refractivity contribution in [3.05, 3.63) is 21.2 Å². The fraction of sp³-hybridized carbons (Fsp3) is 0.533. The van der Waals surface area contributed by atoms with E-state index in [1.165, 1.54) is 27.0 Å². The monoisotopic (exact) mass is 454 g/mol. The van der Waals surface area contributed by atoms with Crippen molar-refractivity contribution in [2.24, 2.45) is 5.92 Å². The maximum absolute atomic E-state index is 12.5. The molecule has 2 heterocycles. The molecule has 156 valence electrons. The lowest BCUT2D eigenvalue weighted by atomic mass is 9.83. The minimum atomic E-state index is -4.26. The molecule has 2 N–H and O–H groups in total. The first-order valence-corrected chi connectivity index (χ1v) is 10.7. The van der Waals surface area contributed by atoms with Gasteiger partial charge >= 0.3 is 16.4 Å². The van der Waals surface area contributed by atoms with Crippen LogP contribution in [0.5, 0.6) is 0 Å². The van der Waals surface area contributed by atoms with Gasteiger partial charge in [0.05, 0.1) is 29.0 Å². The summed E-state index contributed by atoms with van der Waals surface area (Å²) in [6, 6.07) is -0.571. The van der Waals surface area contributed by atoms with Crippen LogP contribution in [0, 0.1) is 5.92 Å². The normalized spacial score (nSPS) is 23.4. The van der Waals surface area contributed by atoms with Gasteiger partial charge in [0.25, 0.3) is 0 Å². The van der Waals surface area contributed by atoms with Gasteiger partial charge in [-0.3, -0.25) is 9.59 Å². The average molecular weight is 455 g/mol. The highest BCUT2D eigenvalue weighted by atomic mass is 35.5. The highest BCUT2D eigenvalue weighted by molar-refractivity contribution is 8.08. The predicted molar refractivity (Wildman–Crippen MR) is 99.8 cm³/mol. The fourth-order valence-electron chi connectivity index (χ4n) is 3.03. The number of nitrogens with one attached hydrogen (secondary N) is 1. The molecule has 0 bridgehead atoms. The van der Waals surface area contributed by atoms with E-state index in [0.29, 0.717) is 4.91 Å². The zero-order valence-corrected chi connectivity index (χ0v) is 17.6. The molecule has 0 aliphatic carbocycles. The number of carbonyl (C=O) groups is 3. The quantitative estimate of drug-likeness (QED) is 0.490. The highest BCUT2D eigenvalue weighted by Gasteiger charge is 2.58. The Morgan fingerprint density at radius 3 is 2.68 bits per heavy atom. The zero-order valence-electron chi connectivity index (χ0n) is 15.2. The Balaban J connectivity index is 2.17. The van der Waals surface area contributed by atoms with Gasteiger partial charge in [-0.25, -0.2) is 13.2 Å². The van der Waals surface area contributed by atoms with Crippen LogP contribution in [-0.4, -0.2) is 55.0 Å². The van der Waals surface area contributed by atoms with Crippen molar-refractivity contribution in [1.82, 2.24) is 10.2 Å². The van der Waals surface area contributed by atoms with E-state index in [1.54, 1.807) is 0 Å². The molecule has 2 rings (SSSR count). The maximum atomic E-state index is 12.5. The number of aliphatic carboxylic acids is 1. The molecule has 2 amide bonds. The lowest BCUT2D eigenvalue weighted by molar-refractivity contribution is -0.160. The zero-order chi connectivity index (χ0) is 21.2. The van der Waals surface area contributed by atoms with Crippen LogP contribution in [0.3, 0.4) is 0 Å². The Morgan fingerprint density at radius 1 is 1.50 bits per heavy atom. The molecular weight excluding hydrogens is 436 g/mol. The third-order valence-electron chi connectivity index (χ3n) is 4.02. The van der Waals surface area contributed by atoms with Gasteiger partial charge in [0.2, 0.25) is 11.8 Å². The van der Waals surface area contributed by atoms with Crippen LogP contribution in [0.2, 0.25) is 0 Å². The molecule has 10 nitrogen and oxygen atoms in total. The summed E-state index contributed by atoms with van der Waals surface area (Å²) in [5.41, 5.74) is -0.217. The first kappa shape index (κ1) is 22.7. The molecule has 1 saturated heterocycles. The second-order valence-electron chi connectivity index (χ2n) is 5.95. The average Bonchev–Trinajstić information content (AvgIpc) is 2.86. The Morgan fingerprint density at radius 2 is 2.14 bits per heavy atom. The summed E-state index contributed by atoms with van der Waals surface area (Å²) >= 11 is 6.91. The molecule has 0 aromatic heterocycles. The van der Waals surface area contributed by atoms with Crippen molar-refractivity contribution in [1.29, 1.82) is 0 Å². The molecule has 0 aromatic carbocycles. The first-order chi connectivity index (χ1) is 13.0. The SMILES string of the molecule is CCOS(=O)(=O)O[C@@H](C)[C@@H]1C(=O)N2C(C(=O)O)=C(S/C(Cl)=C/NC(C)=O)C[C@H]12. The van der Waals surface area contributed by atoms with Crippen LogP contribution in [0.15, 0.2) is 21.2 Å². The molecule has 2 aliphatic heterocycles. The number of nitrogens with zero attached hydrogens (tertiary/aromatic N) is 1. The largest absolute Gasteiger partial charge is 0.477 e. The molecule has 0 unspecified atom stereocenters. The number of halogens is 1. The topological polar surface area (TPSA) is 139 Å². The van der Waals surface area contributed by atoms with Gasteiger partial charge in [-0.15, -0.1) is 0 Å². The van der Waals surface area contributed by atoms with Crippen LogP contribution in [-0.2, 0) is 33.1 Å². The van der Waals surface area contributed by atoms with E-state index in [9.17, 15) is 27.9 Å². The fourth-order valence-corrected chi connectivity index (χ4v) is 5.09. The van der Waals surface area contributed by atoms with E-state index in [4.69, 9.17) is 15.8 Å². The van der Waals surface area contributed by atoms with E-state index in [1.807, 2.05) is 0 Å². The van der Waals surface area contributed by atoms with Gasteiger partial charge in [-0.1, -0.05) is 23.4 Å². The number of fused-ring (bicyclic) bond motifs is 1. The van der Waals surface area contributed by atoms with Gasteiger partial charge < -0.3 is 15.3 Å². The summed E-state index contributed by atoms with van der Waals surface area (Å²) in [6.07, 6.45) is 0.348. The number of thioether (sulfide) groups is 1. The van der Waals surface area contributed by atoms with Gasteiger partial charge in [0.1, 0.15) is 5.70 Å². The smallest absolute Gasteiger partial charge is 0.400 e. The van der Waals surface area contributed by atoms with Gasteiger partial charge in [-0.2, -0.15) is 8.42 Å². The van der Waals surface area contributed by atoms with E-state index in [2.05, 4.69) is 9.50 Å². The van der Waals surface area contributed by atoms with Crippen LogP contribution in [0.1, 0.15) is 27.2 Å². The predicted octanol–water partition coefficient (Wildman–Crippen LogP) is 1.11. The second-order valence-corrected chi connectivity index (χ2v) is 8.96. The van der Waals surface area contributed by atoms with Crippen LogP contribution < -0.4 is 5.32 Å². The number of carbonyl (C=O) groups excluding carboxylic acids is 2. The first-order valence-electron chi connectivity index (χ1n) is 8.16. The third kappa shape index (κ3) is 4.87. The molecule has 0 radical (unpaired) electrons. The third-order valence-corrected chi connectivity index (χ3v) is 6.34. The molecule has 1 fully saturated rings. The number of carboxylic acids is 1. The second kappa shape index (κ2) is 8.82. The van der Waals surface area contributed by atoms with Crippen LogP contribution in [0.4, 0.5) is 0 Å². The van der Waals surface area contributed by atoms with Crippen molar-refractivity contribution in [3.63, 3.8) is 0 Å². The van der Waals surface area contributed by atoms with Crippen molar-refractivity contribution >= 4 is 51.5 Å². The van der Waals surface area contributed by atoms with E-state index in [-0.39, 0.29) is 29.0 Å². The molecule has 2 aliphatic rings. The number of β-lactam (4-membered cyclic amide) rings is 1. The molecule has 0 aromatic rings. The number of carboxylic acid groups (broad SMARTS) is 1. The van der Waals surface area contributed by atoms with Crippen LogP contribution in [0.25, 0.3) is 0 Å². The summed E-state index contributed by atoms with van der Waals surface area (Å²) in [5, 5.41) is 11.9. The molecular formula is C15H19ClN2O8S2. The molecule has 0 spiro atoms. The molecule has 13 heteroatoms. The Kier molecular flexibility index (Phi) is 7.15. The Hall–Kier alpha value is -1.60. The van der Waals surface area contributed by atoms with Gasteiger partial charge in [0.15, 0.2) is 0 Å². The van der Waals surface area contributed by atoms with Gasteiger partial charge in [0, 0.05) is 24.4 Å². The van der Waals surface area contributed by atoms with E-state index >= 15 is 0 Å². The van der Waals surface area contributed by atoms with E-state index < -0.39 is 40.3 Å². The number of rotatable bonds is 9.